The van der Waals surface area contributed by atoms with E-state index in [2.05, 4.69) is 31.9 Å². The second kappa shape index (κ2) is 3.11. The smallest absolute Gasteiger partial charge is 0.0887 e. The average Bonchev–Trinajstić information content (AvgIpc) is 1.77. The van der Waals surface area contributed by atoms with Crippen molar-refractivity contribution < 1.29 is 0 Å². The zero-order valence-electron chi connectivity index (χ0n) is 4.66. The predicted molar refractivity (Wildman–Crippen MR) is 43.4 cm³/mol. The zero-order valence-corrected chi connectivity index (χ0v) is 7.83. The van der Waals surface area contributed by atoms with E-state index in [1.54, 1.807) is 0 Å². The van der Waals surface area contributed by atoms with Crippen molar-refractivity contribution in [1.82, 2.24) is 0 Å². The van der Waals surface area contributed by atoms with Crippen molar-refractivity contribution >= 4 is 31.9 Å². The highest BCUT2D eigenvalue weighted by Crippen LogP contribution is 2.33. The first-order chi connectivity index (χ1) is 3.79. The maximum atomic E-state index is 3.58. The average molecular weight is 241 g/mol. The number of rotatable bonds is 0. The Hall–Kier alpha value is 0.830. The van der Waals surface area contributed by atoms with Crippen LogP contribution in [-0.4, -0.2) is 4.83 Å². The minimum absolute atomic E-state index is 0.781. The van der Waals surface area contributed by atoms with E-state index >= 15 is 0 Å². The fourth-order valence-corrected chi connectivity index (χ4v) is 1.81. The molecular weight excluding hydrogens is 232 g/mol. The number of hydrogen-bond donors (Lipinski definition) is 0. The van der Waals surface area contributed by atoms with Gasteiger partial charge < -0.3 is 0 Å². The zero-order chi connectivity index (χ0) is 5.98. The molecule has 0 amide bonds. The first-order valence-electron chi connectivity index (χ1n) is 2.93. The van der Waals surface area contributed by atoms with Gasteiger partial charge in [0.25, 0.3) is 0 Å². The third kappa shape index (κ3) is 1.98. The Labute approximate surface area is 67.3 Å². The minimum Gasteiger partial charge on any atom is -0.0887 e. The van der Waals surface area contributed by atoms with Crippen LogP contribution in [0.3, 0.4) is 0 Å². The molecule has 2 heteroatoms. The second-order valence-corrected chi connectivity index (χ2v) is 4.61. The lowest BCUT2D eigenvalue weighted by molar-refractivity contribution is 0.604. The van der Waals surface area contributed by atoms with Gasteiger partial charge in [-0.2, -0.15) is 0 Å². The topological polar surface area (TPSA) is 0 Å². The van der Waals surface area contributed by atoms with Gasteiger partial charge in [-0.25, -0.2) is 0 Å². The van der Waals surface area contributed by atoms with E-state index in [1.165, 1.54) is 30.5 Å². The molecule has 0 aromatic heterocycles. The van der Waals surface area contributed by atoms with Crippen LogP contribution in [0.25, 0.3) is 0 Å². The molecule has 46 valence electrons. The van der Waals surface area contributed by atoms with Crippen molar-refractivity contribution in [3.05, 3.63) is 4.83 Å². The number of halogens is 2. The third-order valence-corrected chi connectivity index (χ3v) is 3.17. The summed E-state index contributed by atoms with van der Waals surface area (Å²) in [5.74, 6) is 0. The largest absolute Gasteiger partial charge is 0.198 e. The van der Waals surface area contributed by atoms with E-state index in [-0.39, 0.29) is 0 Å². The van der Waals surface area contributed by atoms with Gasteiger partial charge in [0.15, 0.2) is 20.8 Å². The van der Waals surface area contributed by atoms with Crippen molar-refractivity contribution in [2.75, 3.05) is 0 Å². The van der Waals surface area contributed by atoms with Crippen LogP contribution in [0.2, 0.25) is 0 Å². The summed E-state index contributed by atoms with van der Waals surface area (Å²) < 4.78 is 0. The maximum absolute atomic E-state index is 3.58. The molecule has 0 saturated heterocycles. The molecule has 0 heterocycles. The lowest BCUT2D eigenvalue weighted by Gasteiger charge is -2.11. The molecule has 0 aliphatic heterocycles. The lowest BCUT2D eigenvalue weighted by atomic mass is 10.0. The van der Waals surface area contributed by atoms with Gasteiger partial charge in [-0.05, 0) is 0 Å². The van der Waals surface area contributed by atoms with Crippen molar-refractivity contribution in [3.63, 3.8) is 0 Å². The monoisotopic (exact) mass is 239 g/mol. The van der Waals surface area contributed by atoms with Gasteiger partial charge in [0.1, 0.15) is 12.8 Å². The fraction of sp³-hybridized carbons (Fsp3) is 0.833. The third-order valence-electron chi connectivity index (χ3n) is 1.46. The van der Waals surface area contributed by atoms with Crippen LogP contribution in [-0.2, 0) is 0 Å². The Kier molecular flexibility index (Phi) is 2.70. The Morgan fingerprint density at radius 2 is 1.75 bits per heavy atom. The lowest BCUT2D eigenvalue weighted by Crippen LogP contribution is -2.07. The highest BCUT2D eigenvalue weighted by molar-refractivity contribution is 9.11. The summed E-state index contributed by atoms with van der Waals surface area (Å²) in [6.07, 6.45) is 5.13. The summed E-state index contributed by atoms with van der Waals surface area (Å²) in [6.45, 7) is 0. The van der Waals surface area contributed by atoms with Crippen molar-refractivity contribution in [2.45, 2.75) is 30.5 Å². The number of alkyl halides is 1. The van der Waals surface area contributed by atoms with Crippen LogP contribution < -0.4 is 0 Å². The molecule has 1 aliphatic rings. The van der Waals surface area contributed by atoms with Crippen molar-refractivity contribution in [2.24, 2.45) is 0 Å². The summed E-state index contributed by atoms with van der Waals surface area (Å²) in [5, 5.41) is 0. The second-order valence-electron chi connectivity index (χ2n) is 2.19. The Morgan fingerprint density at radius 1 is 1.25 bits per heavy atom. The Morgan fingerprint density at radius 3 is 2.12 bits per heavy atom. The molecule has 1 aliphatic carbocycles. The van der Waals surface area contributed by atoms with Crippen LogP contribution in [0.1, 0.15) is 25.7 Å². The highest BCUT2D eigenvalue weighted by atomic mass is 79.9. The first kappa shape index (κ1) is 6.94. The summed E-state index contributed by atoms with van der Waals surface area (Å²) in [7, 11) is 0. The molecule has 0 atom stereocenters. The molecule has 0 spiro atoms. The maximum Gasteiger partial charge on any atom is 0.198 e. The molecule has 0 aromatic rings. The van der Waals surface area contributed by atoms with E-state index in [0.717, 1.165) is 4.83 Å². The molecule has 8 heavy (non-hydrogen) atoms. The summed E-state index contributed by atoms with van der Waals surface area (Å²) >= 11 is 7.09. The molecule has 1 rings (SSSR count). The van der Waals surface area contributed by atoms with Crippen LogP contribution in [0.15, 0.2) is 0 Å². The first-order valence-corrected chi connectivity index (χ1v) is 4.64. The molecule has 0 unspecified atom stereocenters. The van der Waals surface area contributed by atoms with Gasteiger partial charge in [-0.1, -0.05) is 15.9 Å². The van der Waals surface area contributed by atoms with Crippen LogP contribution in [0.5, 0.6) is 0 Å². The van der Waals surface area contributed by atoms with Crippen LogP contribution in [0, 0.1) is 4.83 Å². The van der Waals surface area contributed by atoms with E-state index in [1.807, 2.05) is 0 Å². The molecule has 0 nitrogen and oxygen atoms in total. The molecular formula is C6H9Br2+. The van der Waals surface area contributed by atoms with E-state index in [4.69, 9.17) is 0 Å². The summed E-state index contributed by atoms with van der Waals surface area (Å²) in [4.78, 5) is 2.28. The minimum atomic E-state index is 0.781. The molecule has 1 fully saturated rings. The quantitative estimate of drug-likeness (QED) is 0.451. The summed E-state index contributed by atoms with van der Waals surface area (Å²) in [6, 6.07) is 0. The van der Waals surface area contributed by atoms with Gasteiger partial charge in [0, 0.05) is 17.7 Å². The van der Waals surface area contributed by atoms with Crippen molar-refractivity contribution in [3.8, 4) is 0 Å². The number of hydrogen-bond acceptors (Lipinski definition) is 0. The molecule has 0 radical (unpaired) electrons. The normalized spacial score (nSPS) is 24.0. The van der Waals surface area contributed by atoms with Gasteiger partial charge in [-0.15, -0.1) is 0 Å². The molecule has 0 aromatic carbocycles. The SMILES string of the molecule is Br[C+]1CCC(Br)CC1. The molecule has 0 bridgehead atoms. The fourth-order valence-electron chi connectivity index (χ4n) is 0.896. The molecule has 0 N–H and O–H groups in total. The van der Waals surface area contributed by atoms with Crippen LogP contribution in [0.4, 0.5) is 0 Å². The van der Waals surface area contributed by atoms with Crippen LogP contribution >= 0.6 is 31.9 Å². The van der Waals surface area contributed by atoms with E-state index in [9.17, 15) is 0 Å². The van der Waals surface area contributed by atoms with Gasteiger partial charge in [-0.3, -0.25) is 0 Å². The van der Waals surface area contributed by atoms with E-state index < -0.39 is 0 Å². The Bertz CT molecular complexity index is 54.9. The molecule has 1 saturated carbocycles. The van der Waals surface area contributed by atoms with Gasteiger partial charge >= 0.3 is 0 Å². The van der Waals surface area contributed by atoms with Gasteiger partial charge in [0.05, 0.1) is 0 Å². The standard InChI is InChI=1S/C6H9Br2/c7-5-1-2-6(8)4-3-5/h5H,1-4H2/q+1. The Balaban J connectivity index is 2.19. The summed E-state index contributed by atoms with van der Waals surface area (Å²) in [5.41, 5.74) is 0. The van der Waals surface area contributed by atoms with Gasteiger partial charge in [0.2, 0.25) is 0 Å². The van der Waals surface area contributed by atoms with Crippen molar-refractivity contribution in [1.29, 1.82) is 0 Å². The highest BCUT2D eigenvalue weighted by Gasteiger charge is 2.25. The predicted octanol–water partition coefficient (Wildman–Crippen LogP) is 3.25. The van der Waals surface area contributed by atoms with E-state index in [0.29, 0.717) is 0 Å².